The Balaban J connectivity index is 2.59. The Morgan fingerprint density at radius 3 is 2.84 bits per heavy atom. The number of nitrogens with two attached hydrogens (primary N) is 1. The molecule has 106 valence electrons. The van der Waals surface area contributed by atoms with Crippen LogP contribution in [0.2, 0.25) is 0 Å². The highest BCUT2D eigenvalue weighted by Crippen LogP contribution is 2.13. The van der Waals surface area contributed by atoms with Gasteiger partial charge in [-0.2, -0.15) is 0 Å². The number of aliphatic carboxylic acids is 1. The Bertz CT molecular complexity index is 444. The minimum atomic E-state index is -0.878. The molecule has 1 aromatic rings. The minimum absolute atomic E-state index is 0.000898. The number of imidazole rings is 1. The van der Waals surface area contributed by atoms with E-state index in [4.69, 9.17) is 10.8 Å². The van der Waals surface area contributed by atoms with Gasteiger partial charge in [0.05, 0.1) is 18.8 Å². The van der Waals surface area contributed by atoms with Gasteiger partial charge in [-0.3, -0.25) is 9.59 Å². The number of carboxylic acids is 1. The molecule has 1 heterocycles. The van der Waals surface area contributed by atoms with E-state index in [1.807, 2.05) is 6.92 Å². The number of hydrogen-bond acceptors (Lipinski definition) is 4. The summed E-state index contributed by atoms with van der Waals surface area (Å²) in [5.74, 6) is -0.775. The molecule has 1 amide bonds. The molecular formula is C12H20N4O3. The van der Waals surface area contributed by atoms with Gasteiger partial charge in [0.15, 0.2) is 5.82 Å². The first-order valence-corrected chi connectivity index (χ1v) is 6.25. The highest BCUT2D eigenvalue weighted by Gasteiger charge is 2.15. The van der Waals surface area contributed by atoms with E-state index in [0.717, 1.165) is 6.42 Å². The van der Waals surface area contributed by atoms with Crippen LogP contribution in [0.25, 0.3) is 0 Å². The lowest BCUT2D eigenvalue weighted by atomic mass is 10.2. The topological polar surface area (TPSA) is 110 Å². The number of amides is 1. The SMILES string of the molecule is CCCC(N)C(=O)Nc1cn(C(C)CC(=O)O)cn1. The third-order valence-corrected chi connectivity index (χ3v) is 2.77. The van der Waals surface area contributed by atoms with Gasteiger partial charge in [0.2, 0.25) is 5.91 Å². The average molecular weight is 268 g/mol. The van der Waals surface area contributed by atoms with E-state index in [1.54, 1.807) is 17.7 Å². The minimum Gasteiger partial charge on any atom is -0.481 e. The lowest BCUT2D eigenvalue weighted by Gasteiger charge is -2.10. The fraction of sp³-hybridized carbons (Fsp3) is 0.583. The molecule has 0 aliphatic carbocycles. The number of carbonyl (C=O) groups excluding carboxylic acids is 1. The second-order valence-corrected chi connectivity index (χ2v) is 4.54. The van der Waals surface area contributed by atoms with Gasteiger partial charge in [0.1, 0.15) is 0 Å². The number of nitrogens with one attached hydrogen (secondary N) is 1. The molecule has 0 aromatic carbocycles. The van der Waals surface area contributed by atoms with Crippen molar-refractivity contribution in [3.63, 3.8) is 0 Å². The van der Waals surface area contributed by atoms with Gasteiger partial charge in [0.25, 0.3) is 0 Å². The molecule has 0 saturated heterocycles. The van der Waals surface area contributed by atoms with Crippen LogP contribution in [-0.2, 0) is 9.59 Å². The van der Waals surface area contributed by atoms with Gasteiger partial charge < -0.3 is 20.7 Å². The Kier molecular flexibility index (Phi) is 5.50. The van der Waals surface area contributed by atoms with E-state index in [2.05, 4.69) is 10.3 Å². The van der Waals surface area contributed by atoms with E-state index < -0.39 is 12.0 Å². The summed E-state index contributed by atoms with van der Waals surface area (Å²) in [6.07, 6.45) is 4.54. The summed E-state index contributed by atoms with van der Waals surface area (Å²) in [4.78, 5) is 26.3. The lowest BCUT2D eigenvalue weighted by molar-refractivity contribution is -0.137. The zero-order chi connectivity index (χ0) is 14.4. The Labute approximate surface area is 111 Å². The second-order valence-electron chi connectivity index (χ2n) is 4.54. The third-order valence-electron chi connectivity index (χ3n) is 2.77. The molecule has 0 aliphatic rings. The van der Waals surface area contributed by atoms with Crippen LogP contribution in [-0.4, -0.2) is 32.6 Å². The van der Waals surface area contributed by atoms with E-state index in [0.29, 0.717) is 12.2 Å². The number of rotatable bonds is 7. The number of hydrogen-bond donors (Lipinski definition) is 3. The smallest absolute Gasteiger partial charge is 0.305 e. The molecule has 19 heavy (non-hydrogen) atoms. The fourth-order valence-electron chi connectivity index (χ4n) is 1.66. The summed E-state index contributed by atoms with van der Waals surface area (Å²) in [6, 6.07) is -0.772. The van der Waals surface area contributed by atoms with Crippen LogP contribution in [0.4, 0.5) is 5.82 Å². The largest absolute Gasteiger partial charge is 0.481 e. The van der Waals surface area contributed by atoms with Crippen LogP contribution in [0.1, 0.15) is 39.2 Å². The van der Waals surface area contributed by atoms with E-state index >= 15 is 0 Å². The van der Waals surface area contributed by atoms with Crippen molar-refractivity contribution in [3.8, 4) is 0 Å². The van der Waals surface area contributed by atoms with E-state index in [1.165, 1.54) is 6.33 Å². The molecule has 1 aromatic heterocycles. The fourth-order valence-corrected chi connectivity index (χ4v) is 1.66. The van der Waals surface area contributed by atoms with Crippen LogP contribution in [0.3, 0.4) is 0 Å². The number of aromatic nitrogens is 2. The highest BCUT2D eigenvalue weighted by atomic mass is 16.4. The van der Waals surface area contributed by atoms with Gasteiger partial charge in [0, 0.05) is 12.2 Å². The molecule has 2 unspecified atom stereocenters. The number of carboxylic acid groups (broad SMARTS) is 1. The summed E-state index contributed by atoms with van der Waals surface area (Å²) < 4.78 is 1.65. The van der Waals surface area contributed by atoms with Crippen molar-refractivity contribution in [1.29, 1.82) is 0 Å². The van der Waals surface area contributed by atoms with Gasteiger partial charge in [-0.15, -0.1) is 0 Å². The quantitative estimate of drug-likeness (QED) is 0.683. The maximum Gasteiger partial charge on any atom is 0.305 e. The molecule has 0 bridgehead atoms. The van der Waals surface area contributed by atoms with Crippen LogP contribution < -0.4 is 11.1 Å². The van der Waals surface area contributed by atoms with Crippen LogP contribution >= 0.6 is 0 Å². The first-order chi connectivity index (χ1) is 8.93. The molecule has 4 N–H and O–H groups in total. The van der Waals surface area contributed by atoms with Gasteiger partial charge in [-0.1, -0.05) is 13.3 Å². The lowest BCUT2D eigenvalue weighted by Crippen LogP contribution is -2.35. The Morgan fingerprint density at radius 2 is 2.26 bits per heavy atom. The molecule has 0 saturated carbocycles. The average Bonchev–Trinajstić information content (AvgIpc) is 2.77. The molecule has 0 aliphatic heterocycles. The molecule has 2 atom stereocenters. The Hall–Kier alpha value is -1.89. The van der Waals surface area contributed by atoms with Crippen molar-refractivity contribution in [2.24, 2.45) is 5.73 Å². The molecule has 0 radical (unpaired) electrons. The van der Waals surface area contributed by atoms with Crippen molar-refractivity contribution in [2.45, 2.75) is 45.2 Å². The predicted molar refractivity (Wildman–Crippen MR) is 70.7 cm³/mol. The molecule has 0 spiro atoms. The highest BCUT2D eigenvalue weighted by molar-refractivity contribution is 5.93. The van der Waals surface area contributed by atoms with Crippen molar-refractivity contribution in [2.75, 3.05) is 5.32 Å². The summed E-state index contributed by atoms with van der Waals surface area (Å²) in [7, 11) is 0. The molecule has 7 heteroatoms. The third kappa shape index (κ3) is 4.70. The van der Waals surface area contributed by atoms with Crippen molar-refractivity contribution in [1.82, 2.24) is 9.55 Å². The van der Waals surface area contributed by atoms with Crippen molar-refractivity contribution in [3.05, 3.63) is 12.5 Å². The summed E-state index contributed by atoms with van der Waals surface area (Å²) in [5, 5.41) is 11.3. The first kappa shape index (κ1) is 15.2. The first-order valence-electron chi connectivity index (χ1n) is 6.25. The number of nitrogens with zero attached hydrogens (tertiary/aromatic N) is 2. The summed E-state index contributed by atoms with van der Waals surface area (Å²) in [5.41, 5.74) is 5.68. The van der Waals surface area contributed by atoms with Crippen molar-refractivity contribution >= 4 is 17.7 Å². The summed E-state index contributed by atoms with van der Waals surface area (Å²) in [6.45, 7) is 3.72. The Morgan fingerprint density at radius 1 is 1.58 bits per heavy atom. The normalized spacial score (nSPS) is 13.8. The van der Waals surface area contributed by atoms with Crippen LogP contribution in [0.15, 0.2) is 12.5 Å². The maximum absolute atomic E-state index is 11.7. The maximum atomic E-state index is 11.7. The predicted octanol–water partition coefficient (Wildman–Crippen LogP) is 0.985. The molecule has 1 rings (SSSR count). The number of carbonyl (C=O) groups is 2. The van der Waals surface area contributed by atoms with Crippen molar-refractivity contribution < 1.29 is 14.7 Å². The summed E-state index contributed by atoms with van der Waals surface area (Å²) >= 11 is 0. The van der Waals surface area contributed by atoms with E-state index in [9.17, 15) is 9.59 Å². The molecule has 0 fully saturated rings. The van der Waals surface area contributed by atoms with E-state index in [-0.39, 0.29) is 18.4 Å². The zero-order valence-corrected chi connectivity index (χ0v) is 11.2. The molecular weight excluding hydrogens is 248 g/mol. The number of anilines is 1. The molecule has 7 nitrogen and oxygen atoms in total. The standard InChI is InChI=1S/C12H20N4O3/c1-3-4-9(13)12(19)15-10-6-16(7-14-10)8(2)5-11(17)18/h6-9H,3-5,13H2,1-2H3,(H,15,19)(H,17,18). The monoisotopic (exact) mass is 268 g/mol. The second kappa shape index (κ2) is 6.89. The van der Waals surface area contributed by atoms with Gasteiger partial charge in [-0.25, -0.2) is 4.98 Å². The van der Waals surface area contributed by atoms with Gasteiger partial charge >= 0.3 is 5.97 Å². The zero-order valence-electron chi connectivity index (χ0n) is 11.2. The van der Waals surface area contributed by atoms with Gasteiger partial charge in [-0.05, 0) is 13.3 Å². The van der Waals surface area contributed by atoms with Crippen LogP contribution in [0, 0.1) is 0 Å². The van der Waals surface area contributed by atoms with Crippen LogP contribution in [0.5, 0.6) is 0 Å².